The molecule has 0 amide bonds. The van der Waals surface area contributed by atoms with Gasteiger partial charge >= 0.3 is 0 Å². The summed E-state index contributed by atoms with van der Waals surface area (Å²) in [6, 6.07) is 11.2. The Morgan fingerprint density at radius 2 is 1.75 bits per heavy atom. The number of sulfone groups is 1. The van der Waals surface area contributed by atoms with Crippen LogP contribution >= 0.6 is 0 Å². The SMILES string of the molecule is CCS(=O)(=O)Cc1cc(-c2cc(C)c(=O)n(C)c2)nc(-c2ccccc2C)n1. The van der Waals surface area contributed by atoms with Crippen LogP contribution in [0, 0.1) is 13.8 Å². The number of aromatic nitrogens is 3. The summed E-state index contributed by atoms with van der Waals surface area (Å²) in [5, 5.41) is 0. The lowest BCUT2D eigenvalue weighted by atomic mass is 10.1. The third-order valence-corrected chi connectivity index (χ3v) is 6.25. The smallest absolute Gasteiger partial charge is 0.253 e. The van der Waals surface area contributed by atoms with Crippen molar-refractivity contribution in [1.82, 2.24) is 14.5 Å². The summed E-state index contributed by atoms with van der Waals surface area (Å²) >= 11 is 0. The van der Waals surface area contributed by atoms with Gasteiger partial charge in [0, 0.05) is 35.7 Å². The van der Waals surface area contributed by atoms with Gasteiger partial charge in [0.25, 0.3) is 5.56 Å². The van der Waals surface area contributed by atoms with Crippen molar-refractivity contribution in [3.8, 4) is 22.6 Å². The van der Waals surface area contributed by atoms with Crippen LogP contribution in [0.2, 0.25) is 0 Å². The maximum atomic E-state index is 12.2. The van der Waals surface area contributed by atoms with Crippen molar-refractivity contribution < 1.29 is 8.42 Å². The van der Waals surface area contributed by atoms with Crippen LogP contribution in [0.15, 0.2) is 47.4 Å². The Balaban J connectivity index is 2.24. The lowest BCUT2D eigenvalue weighted by Gasteiger charge is -2.11. The molecule has 0 unspecified atom stereocenters. The second-order valence-electron chi connectivity index (χ2n) is 6.89. The van der Waals surface area contributed by atoms with Crippen LogP contribution in [-0.2, 0) is 22.6 Å². The highest BCUT2D eigenvalue weighted by atomic mass is 32.2. The van der Waals surface area contributed by atoms with Gasteiger partial charge in [0.1, 0.15) is 0 Å². The molecular weight excluding hydrogens is 374 g/mol. The van der Waals surface area contributed by atoms with Gasteiger partial charge in [0.2, 0.25) is 0 Å². The fourth-order valence-corrected chi connectivity index (χ4v) is 3.81. The predicted molar refractivity (Wildman–Crippen MR) is 111 cm³/mol. The van der Waals surface area contributed by atoms with Crippen LogP contribution in [0.3, 0.4) is 0 Å². The molecule has 0 aliphatic rings. The van der Waals surface area contributed by atoms with Crippen LogP contribution < -0.4 is 5.56 Å². The standard InChI is InChI=1S/C21H23N3O3S/c1-5-28(26,27)13-17-11-19(16-10-15(3)21(25)24(4)12-16)23-20(22-17)18-9-7-6-8-14(18)2/h6-12H,5,13H2,1-4H3. The molecule has 3 aromatic rings. The molecule has 146 valence electrons. The molecule has 0 atom stereocenters. The molecule has 0 aliphatic carbocycles. The quantitative estimate of drug-likeness (QED) is 0.661. The number of rotatable bonds is 5. The van der Waals surface area contributed by atoms with Crippen molar-refractivity contribution >= 4 is 9.84 Å². The normalized spacial score (nSPS) is 11.6. The molecule has 0 fully saturated rings. The zero-order valence-corrected chi connectivity index (χ0v) is 17.2. The van der Waals surface area contributed by atoms with Gasteiger partial charge in [-0.15, -0.1) is 0 Å². The van der Waals surface area contributed by atoms with E-state index in [1.54, 1.807) is 39.2 Å². The number of benzene rings is 1. The van der Waals surface area contributed by atoms with Crippen molar-refractivity contribution in [3.63, 3.8) is 0 Å². The molecule has 6 nitrogen and oxygen atoms in total. The van der Waals surface area contributed by atoms with E-state index in [4.69, 9.17) is 0 Å². The Kier molecular flexibility index (Phi) is 5.47. The Hall–Kier alpha value is -2.80. The third kappa shape index (κ3) is 4.20. The maximum Gasteiger partial charge on any atom is 0.253 e. The van der Waals surface area contributed by atoms with Gasteiger partial charge in [-0.2, -0.15) is 0 Å². The molecular formula is C21H23N3O3S. The second kappa shape index (κ2) is 7.67. The Morgan fingerprint density at radius 1 is 1.04 bits per heavy atom. The lowest BCUT2D eigenvalue weighted by Crippen LogP contribution is -2.18. The maximum absolute atomic E-state index is 12.2. The molecule has 0 aliphatic heterocycles. The number of aryl methyl sites for hydroxylation is 3. The van der Waals surface area contributed by atoms with Gasteiger partial charge in [-0.25, -0.2) is 18.4 Å². The van der Waals surface area contributed by atoms with Gasteiger partial charge in [-0.3, -0.25) is 4.79 Å². The van der Waals surface area contributed by atoms with Crippen molar-refractivity contribution in [2.45, 2.75) is 26.5 Å². The van der Waals surface area contributed by atoms with Crippen LogP contribution in [0.5, 0.6) is 0 Å². The molecule has 28 heavy (non-hydrogen) atoms. The molecule has 0 bridgehead atoms. The minimum absolute atomic E-state index is 0.0466. The molecule has 0 N–H and O–H groups in total. The molecule has 3 rings (SSSR count). The van der Waals surface area contributed by atoms with E-state index in [2.05, 4.69) is 9.97 Å². The highest BCUT2D eigenvalue weighted by Crippen LogP contribution is 2.25. The largest absolute Gasteiger partial charge is 0.318 e. The van der Waals surface area contributed by atoms with E-state index in [0.29, 0.717) is 22.8 Å². The summed E-state index contributed by atoms with van der Waals surface area (Å²) in [5.41, 5.74) is 4.14. The van der Waals surface area contributed by atoms with E-state index >= 15 is 0 Å². The fraction of sp³-hybridized carbons (Fsp3) is 0.286. The summed E-state index contributed by atoms with van der Waals surface area (Å²) in [6.07, 6.45) is 1.71. The summed E-state index contributed by atoms with van der Waals surface area (Å²) < 4.78 is 25.9. The zero-order chi connectivity index (χ0) is 20.5. The fourth-order valence-electron chi connectivity index (χ4n) is 3.01. The van der Waals surface area contributed by atoms with E-state index in [-0.39, 0.29) is 17.1 Å². The van der Waals surface area contributed by atoms with Crippen molar-refractivity contribution in [2.75, 3.05) is 5.75 Å². The molecule has 1 aromatic carbocycles. The van der Waals surface area contributed by atoms with E-state index in [9.17, 15) is 13.2 Å². The number of hydrogen-bond acceptors (Lipinski definition) is 5. The zero-order valence-electron chi connectivity index (χ0n) is 16.4. The number of hydrogen-bond donors (Lipinski definition) is 0. The van der Waals surface area contributed by atoms with E-state index in [1.807, 2.05) is 31.2 Å². The molecule has 7 heteroatoms. The average Bonchev–Trinajstić information content (AvgIpc) is 2.65. The molecule has 0 radical (unpaired) electrons. The first kappa shape index (κ1) is 19.9. The van der Waals surface area contributed by atoms with Crippen molar-refractivity contribution in [1.29, 1.82) is 0 Å². The summed E-state index contributed by atoms with van der Waals surface area (Å²) in [5.74, 6) is 0.372. The lowest BCUT2D eigenvalue weighted by molar-refractivity contribution is 0.596. The number of pyridine rings is 1. The topological polar surface area (TPSA) is 81.9 Å². The van der Waals surface area contributed by atoms with Crippen LogP contribution in [0.4, 0.5) is 0 Å². The van der Waals surface area contributed by atoms with Crippen LogP contribution in [0.25, 0.3) is 22.6 Å². The van der Waals surface area contributed by atoms with Gasteiger partial charge in [0.15, 0.2) is 15.7 Å². The van der Waals surface area contributed by atoms with E-state index in [1.165, 1.54) is 4.57 Å². The highest BCUT2D eigenvalue weighted by Gasteiger charge is 2.16. The van der Waals surface area contributed by atoms with Crippen LogP contribution in [-0.4, -0.2) is 28.7 Å². The first-order valence-electron chi connectivity index (χ1n) is 9.02. The molecule has 2 aromatic heterocycles. The Bertz CT molecular complexity index is 1170. The average molecular weight is 398 g/mol. The molecule has 2 heterocycles. The van der Waals surface area contributed by atoms with Gasteiger partial charge in [-0.05, 0) is 31.5 Å². The van der Waals surface area contributed by atoms with Gasteiger partial charge in [-0.1, -0.05) is 31.2 Å². The first-order valence-corrected chi connectivity index (χ1v) is 10.8. The number of nitrogens with zero attached hydrogens (tertiary/aromatic N) is 3. The summed E-state index contributed by atoms with van der Waals surface area (Å²) in [7, 11) is -1.56. The molecule has 0 saturated carbocycles. The second-order valence-corrected chi connectivity index (χ2v) is 9.24. The minimum atomic E-state index is -3.25. The van der Waals surface area contributed by atoms with Crippen molar-refractivity contribution in [2.24, 2.45) is 7.05 Å². The summed E-state index contributed by atoms with van der Waals surface area (Å²) in [4.78, 5) is 21.2. The minimum Gasteiger partial charge on any atom is -0.318 e. The van der Waals surface area contributed by atoms with Gasteiger partial charge in [0.05, 0.1) is 17.1 Å². The highest BCUT2D eigenvalue weighted by molar-refractivity contribution is 7.90. The molecule has 0 spiro atoms. The monoisotopic (exact) mass is 397 g/mol. The van der Waals surface area contributed by atoms with Gasteiger partial charge < -0.3 is 4.57 Å². The Labute approximate surface area is 164 Å². The van der Waals surface area contributed by atoms with Crippen LogP contribution in [0.1, 0.15) is 23.7 Å². The van der Waals surface area contributed by atoms with Crippen molar-refractivity contribution in [3.05, 3.63) is 69.8 Å². The molecule has 0 saturated heterocycles. The van der Waals surface area contributed by atoms with E-state index in [0.717, 1.165) is 16.7 Å². The summed E-state index contributed by atoms with van der Waals surface area (Å²) in [6.45, 7) is 5.33. The van der Waals surface area contributed by atoms with E-state index < -0.39 is 9.84 Å². The predicted octanol–water partition coefficient (Wildman–Crippen LogP) is 3.06. The third-order valence-electron chi connectivity index (χ3n) is 4.63. The Morgan fingerprint density at radius 3 is 2.39 bits per heavy atom. The first-order chi connectivity index (χ1) is 13.2.